The van der Waals surface area contributed by atoms with Crippen LogP contribution in [0.15, 0.2) is 158 Å². The molecule has 0 spiro atoms. The Hall–Kier alpha value is -6.35. The number of para-hydroxylation sites is 1. The van der Waals surface area contributed by atoms with Crippen LogP contribution in [-0.4, -0.2) is 19.6 Å². The van der Waals surface area contributed by atoms with Crippen molar-refractivity contribution in [2.24, 2.45) is 0 Å². The van der Waals surface area contributed by atoms with Crippen LogP contribution in [0.4, 0.5) is 0 Å². The van der Waals surface area contributed by atoms with Crippen molar-refractivity contribution in [1.82, 2.24) is 14.5 Å². The second-order valence-electron chi connectivity index (χ2n) is 20.2. The number of rotatable bonds is 9. The number of hydrogen-bond donors (Lipinski definition) is 1. The van der Waals surface area contributed by atoms with Gasteiger partial charge in [-0.15, -0.1) is 29.3 Å². The third kappa shape index (κ3) is 9.41. The SMILES string of the molecule is [2H]C([2H])([2H])c1cc(-n2c(-c3cc(C([2H])(C)C)cc(C([2H])(C)C)c3O)nc3c(-c4[c-]c(-c5cc(-c6ccccc6)ccn5)cc(C(C)(C)C)c4)cccc32)c(-c2ccccc2)cc1-c1ccc(C(C)(C)C)cc1.[Pt]. The van der Waals surface area contributed by atoms with E-state index in [-0.39, 0.29) is 43.2 Å². The summed E-state index contributed by atoms with van der Waals surface area (Å²) >= 11 is 0. The van der Waals surface area contributed by atoms with E-state index >= 15 is 0 Å². The number of aromatic nitrogens is 3. The van der Waals surface area contributed by atoms with Crippen LogP contribution in [0.3, 0.4) is 0 Å². The van der Waals surface area contributed by atoms with E-state index < -0.39 is 18.6 Å². The van der Waals surface area contributed by atoms with Gasteiger partial charge in [0, 0.05) is 45.4 Å². The number of aryl methyl sites for hydroxylation is 1. The smallest absolute Gasteiger partial charge is 0.148 e. The second kappa shape index (κ2) is 19.0. The fourth-order valence-electron chi connectivity index (χ4n) is 8.90. The first kappa shape index (κ1) is 41.8. The molecule has 4 nitrogen and oxygen atoms in total. The summed E-state index contributed by atoms with van der Waals surface area (Å²) in [5.74, 6) is -2.20. The summed E-state index contributed by atoms with van der Waals surface area (Å²) in [4.78, 5) is 10.4. The number of pyridine rings is 1. The fourth-order valence-corrected chi connectivity index (χ4v) is 8.90. The van der Waals surface area contributed by atoms with Crippen LogP contribution < -0.4 is 0 Å². The van der Waals surface area contributed by atoms with E-state index in [1.807, 2.05) is 102 Å². The summed E-state index contributed by atoms with van der Waals surface area (Å²) < 4.78 is 47.7. The van der Waals surface area contributed by atoms with Crippen LogP contribution in [0.25, 0.3) is 83.9 Å². The molecular weight excluding hydrogens is 1010 g/mol. The average molecular weight is 1080 g/mol. The molecule has 0 unspecified atom stereocenters. The third-order valence-electron chi connectivity index (χ3n) is 12.8. The van der Waals surface area contributed by atoms with Crippen LogP contribution in [0, 0.1) is 12.9 Å². The zero-order chi connectivity index (χ0) is 51.7. The third-order valence-corrected chi connectivity index (χ3v) is 12.8. The Morgan fingerprint density at radius 3 is 1.87 bits per heavy atom. The van der Waals surface area contributed by atoms with Gasteiger partial charge in [0.05, 0.1) is 22.3 Å². The topological polar surface area (TPSA) is 50.9 Å². The predicted molar refractivity (Wildman–Crippen MR) is 282 cm³/mol. The molecule has 0 aliphatic carbocycles. The van der Waals surface area contributed by atoms with Crippen LogP contribution >= 0.6 is 0 Å². The van der Waals surface area contributed by atoms with Crippen molar-refractivity contribution in [2.75, 3.05) is 0 Å². The summed E-state index contributed by atoms with van der Waals surface area (Å²) in [6.45, 7) is 17.5. The Bertz CT molecular complexity index is 3480. The number of imidazole rings is 1. The summed E-state index contributed by atoms with van der Waals surface area (Å²) in [5, 5.41) is 12.5. The normalized spacial score (nSPS) is 13.5. The average Bonchev–Trinajstić information content (AvgIpc) is 3.72. The molecule has 0 aliphatic rings. The van der Waals surface area contributed by atoms with Crippen molar-refractivity contribution >= 4 is 11.0 Å². The van der Waals surface area contributed by atoms with Gasteiger partial charge in [-0.05, 0) is 110 Å². The Balaban J connectivity index is 0.00000711. The van der Waals surface area contributed by atoms with Gasteiger partial charge in [-0.25, -0.2) is 4.98 Å². The van der Waals surface area contributed by atoms with E-state index in [0.29, 0.717) is 44.8 Å². The number of phenols is 1. The molecular formula is C63H62N3OPt-. The molecule has 0 amide bonds. The molecule has 0 atom stereocenters. The minimum atomic E-state index is -2.55. The molecule has 346 valence electrons. The quantitative estimate of drug-likeness (QED) is 0.147. The van der Waals surface area contributed by atoms with E-state index in [4.69, 9.17) is 14.1 Å². The van der Waals surface area contributed by atoms with Crippen LogP contribution in [0.2, 0.25) is 0 Å². The van der Waals surface area contributed by atoms with E-state index in [1.54, 1.807) is 45.9 Å². The van der Waals surface area contributed by atoms with Gasteiger partial charge in [-0.1, -0.05) is 190 Å². The number of hydrogen-bond acceptors (Lipinski definition) is 3. The molecule has 2 aromatic heterocycles. The molecule has 1 N–H and O–H groups in total. The number of nitrogens with zero attached hydrogens (tertiary/aromatic N) is 3. The molecule has 0 fully saturated rings. The molecule has 68 heavy (non-hydrogen) atoms. The van der Waals surface area contributed by atoms with E-state index in [9.17, 15) is 7.85 Å². The molecule has 5 heteroatoms. The first-order chi connectivity index (χ1) is 33.8. The maximum atomic E-state index is 12.5. The monoisotopic (exact) mass is 1080 g/mol. The summed E-state index contributed by atoms with van der Waals surface area (Å²) in [6.07, 6.45) is 1.83. The zero-order valence-electron chi connectivity index (χ0n) is 45.6. The minimum Gasteiger partial charge on any atom is -0.507 e. The maximum absolute atomic E-state index is 12.5. The van der Waals surface area contributed by atoms with E-state index in [0.717, 1.165) is 61.3 Å². The van der Waals surface area contributed by atoms with Crippen molar-refractivity contribution in [3.05, 3.63) is 192 Å². The van der Waals surface area contributed by atoms with Gasteiger partial charge in [0.2, 0.25) is 0 Å². The molecule has 9 aromatic rings. The van der Waals surface area contributed by atoms with E-state index in [2.05, 4.69) is 90.1 Å². The van der Waals surface area contributed by atoms with Gasteiger partial charge in [0.15, 0.2) is 0 Å². The Kier molecular flexibility index (Phi) is 11.7. The molecule has 2 heterocycles. The molecule has 0 aliphatic heterocycles. The van der Waals surface area contributed by atoms with Crippen molar-refractivity contribution < 1.29 is 33.0 Å². The summed E-state index contributed by atoms with van der Waals surface area (Å²) in [7, 11) is 0. The van der Waals surface area contributed by atoms with Crippen LogP contribution in [-0.2, 0) is 31.9 Å². The minimum absolute atomic E-state index is 0. The summed E-state index contributed by atoms with van der Waals surface area (Å²) in [5.41, 5.74) is 13.2. The van der Waals surface area contributed by atoms with Gasteiger partial charge in [0.25, 0.3) is 0 Å². The first-order valence-electron chi connectivity index (χ1n) is 25.6. The molecule has 0 saturated carbocycles. The van der Waals surface area contributed by atoms with Gasteiger partial charge in [0.1, 0.15) is 11.6 Å². The number of aromatic hydroxyl groups is 1. The molecule has 0 bridgehead atoms. The van der Waals surface area contributed by atoms with Crippen LogP contribution in [0.5, 0.6) is 5.75 Å². The molecule has 0 radical (unpaired) electrons. The van der Waals surface area contributed by atoms with Crippen molar-refractivity contribution in [2.45, 2.75) is 98.7 Å². The van der Waals surface area contributed by atoms with Crippen molar-refractivity contribution in [1.29, 1.82) is 0 Å². The van der Waals surface area contributed by atoms with Gasteiger partial charge < -0.3 is 5.11 Å². The Labute approximate surface area is 425 Å². The van der Waals surface area contributed by atoms with Gasteiger partial charge in [-0.2, -0.15) is 0 Å². The van der Waals surface area contributed by atoms with Gasteiger partial charge in [-0.3, -0.25) is 9.55 Å². The Morgan fingerprint density at radius 1 is 0.588 bits per heavy atom. The number of fused-ring (bicyclic) bond motifs is 1. The van der Waals surface area contributed by atoms with E-state index in [1.165, 1.54) is 0 Å². The van der Waals surface area contributed by atoms with Crippen molar-refractivity contribution in [3.8, 4) is 78.6 Å². The van der Waals surface area contributed by atoms with Gasteiger partial charge >= 0.3 is 0 Å². The molecule has 0 saturated heterocycles. The first-order valence-corrected chi connectivity index (χ1v) is 23.1. The van der Waals surface area contributed by atoms with Crippen LogP contribution in [0.1, 0.15) is 116 Å². The standard InChI is InChI=1S/C63H62N3O.Pt/c1-39(2)46-35-52(40(3)4)60(67)55(36-46)61-65-59-51(47-32-48(34-50(33-47)63(9,10)11)56-37-45(29-30-64-56)42-19-14-12-15-20-42)23-18-24-57(59)66(61)58-31-41(5)53(38-54(58)43-21-16-13-17-22-43)44-25-27-49(28-26-44)62(6,7)8;/h12-31,33-40,67H,1-11H3;/q-1;/i5D3,39D,40D;. The second-order valence-corrected chi connectivity index (χ2v) is 20.2. The number of benzene rings is 7. The number of phenolic OH excluding ortho intramolecular Hbond substituents is 1. The largest absolute Gasteiger partial charge is 0.507 e. The summed E-state index contributed by atoms with van der Waals surface area (Å²) in [6, 6.07) is 53.7. The maximum Gasteiger partial charge on any atom is 0.148 e. The fraction of sp³-hybridized carbons (Fsp3) is 0.238. The van der Waals surface area contributed by atoms with Crippen molar-refractivity contribution in [3.63, 3.8) is 0 Å². The Morgan fingerprint density at radius 2 is 1.24 bits per heavy atom. The molecule has 9 rings (SSSR count). The zero-order valence-corrected chi connectivity index (χ0v) is 42.9. The molecule has 7 aromatic carbocycles. The predicted octanol–water partition coefficient (Wildman–Crippen LogP) is 17.1.